The molecule has 0 aliphatic carbocycles. The second-order valence-electron chi connectivity index (χ2n) is 7.56. The van der Waals surface area contributed by atoms with E-state index in [4.69, 9.17) is 0 Å². The van der Waals surface area contributed by atoms with E-state index in [1.54, 1.807) is 0 Å². The molecule has 1 unspecified atom stereocenters. The van der Waals surface area contributed by atoms with E-state index >= 15 is 0 Å². The highest BCUT2D eigenvalue weighted by molar-refractivity contribution is 7.47. The minimum atomic E-state index is -0.485. The molecule has 0 saturated heterocycles. The van der Waals surface area contributed by atoms with Gasteiger partial charge in [0.2, 0.25) is 0 Å². The van der Waals surface area contributed by atoms with Gasteiger partial charge in [-0.1, -0.05) is 101 Å². The van der Waals surface area contributed by atoms with Crippen molar-refractivity contribution in [1.29, 1.82) is 0 Å². The first-order valence-electron chi connectivity index (χ1n) is 9.95. The number of nitrogens with one attached hydrogen (secondary N) is 1. The highest BCUT2D eigenvalue weighted by Crippen LogP contribution is 2.24. The van der Waals surface area contributed by atoms with Gasteiger partial charge >= 0.3 is 0 Å². The monoisotopic (exact) mass is 391 g/mol. The van der Waals surface area contributed by atoms with Crippen LogP contribution in [0.4, 0.5) is 0 Å². The van der Waals surface area contributed by atoms with Crippen molar-refractivity contribution in [3.63, 3.8) is 0 Å². The molecule has 0 heterocycles. The molecule has 146 valence electrons. The van der Waals surface area contributed by atoms with Crippen LogP contribution in [0.25, 0.3) is 11.1 Å². The third-order valence-electron chi connectivity index (χ3n) is 5.10. The molecule has 0 fully saturated rings. The molecule has 0 spiro atoms. The van der Waals surface area contributed by atoms with Crippen molar-refractivity contribution in [2.75, 3.05) is 6.29 Å². The van der Waals surface area contributed by atoms with Gasteiger partial charge in [0.25, 0.3) is 0 Å². The molecule has 0 saturated carbocycles. The maximum absolute atomic E-state index is 10.5. The largest absolute Gasteiger partial charge is 0.387 e. The number of benzene rings is 3. The molecule has 0 radical (unpaired) electrons. The van der Waals surface area contributed by atoms with Crippen LogP contribution in [0.15, 0.2) is 78.9 Å². The van der Waals surface area contributed by atoms with Gasteiger partial charge in [0.05, 0.1) is 6.10 Å². The van der Waals surface area contributed by atoms with E-state index < -0.39 is 6.10 Å². The van der Waals surface area contributed by atoms with E-state index in [0.717, 1.165) is 11.8 Å². The summed E-state index contributed by atoms with van der Waals surface area (Å²) in [5.74, 6) is 0.542. The van der Waals surface area contributed by atoms with Gasteiger partial charge in [0.1, 0.15) is 0 Å². The van der Waals surface area contributed by atoms with Crippen LogP contribution in [-0.2, 0) is 0 Å². The van der Waals surface area contributed by atoms with Crippen molar-refractivity contribution in [2.45, 2.75) is 38.8 Å². The fraction of sp³-hybridized carbons (Fsp3) is 0.280. The molecule has 3 atom stereocenters. The van der Waals surface area contributed by atoms with Crippen LogP contribution in [-0.4, -0.2) is 17.4 Å². The number of rotatable bonds is 8. The fourth-order valence-corrected chi connectivity index (χ4v) is 4.25. The number of aliphatic hydroxyl groups excluding tert-OH is 1. The summed E-state index contributed by atoms with van der Waals surface area (Å²) >= 11 is 0. The Morgan fingerprint density at radius 3 is 2.14 bits per heavy atom. The summed E-state index contributed by atoms with van der Waals surface area (Å²) in [4.78, 5) is 0. The van der Waals surface area contributed by atoms with Crippen LogP contribution >= 0.6 is 8.58 Å². The van der Waals surface area contributed by atoms with Gasteiger partial charge in [-0.15, -0.1) is 0 Å². The van der Waals surface area contributed by atoms with Crippen molar-refractivity contribution >= 4 is 13.9 Å². The molecule has 0 aromatic heterocycles. The molecule has 0 aliphatic heterocycles. The Kier molecular flexibility index (Phi) is 7.39. The summed E-state index contributed by atoms with van der Waals surface area (Å²) in [5.41, 5.74) is 4.87. The number of hydrogen-bond acceptors (Lipinski definition) is 2. The van der Waals surface area contributed by atoms with Gasteiger partial charge in [0, 0.05) is 12.3 Å². The Morgan fingerprint density at radius 1 is 0.786 bits per heavy atom. The Morgan fingerprint density at radius 2 is 1.46 bits per heavy atom. The summed E-state index contributed by atoms with van der Waals surface area (Å²) in [6.07, 6.45) is 0.384. The number of hydrogen-bond donors (Lipinski definition) is 2. The van der Waals surface area contributed by atoms with E-state index in [9.17, 15) is 5.11 Å². The van der Waals surface area contributed by atoms with E-state index in [2.05, 4.69) is 67.7 Å². The quantitative estimate of drug-likeness (QED) is 0.501. The van der Waals surface area contributed by atoms with Gasteiger partial charge in [-0.05, 0) is 40.4 Å². The maximum Gasteiger partial charge on any atom is 0.0940 e. The van der Waals surface area contributed by atoms with Crippen molar-refractivity contribution in [3.8, 4) is 11.1 Å². The van der Waals surface area contributed by atoms with E-state index in [-0.39, 0.29) is 6.04 Å². The lowest BCUT2D eigenvalue weighted by Crippen LogP contribution is -2.32. The first kappa shape index (κ1) is 20.7. The third-order valence-corrected chi connectivity index (χ3v) is 6.23. The molecule has 0 amide bonds. The maximum atomic E-state index is 10.5. The molecule has 3 aromatic rings. The molecule has 0 aliphatic rings. The van der Waals surface area contributed by atoms with E-state index in [0.29, 0.717) is 14.5 Å². The molecule has 2 nitrogen and oxygen atoms in total. The second-order valence-corrected chi connectivity index (χ2v) is 8.84. The number of aliphatic hydroxyl groups is 1. The van der Waals surface area contributed by atoms with Crippen molar-refractivity contribution in [2.24, 2.45) is 0 Å². The average molecular weight is 391 g/mol. The molecular formula is C25H30NOP. The Labute approximate surface area is 170 Å². The summed E-state index contributed by atoms with van der Waals surface area (Å²) < 4.78 is 0. The average Bonchev–Trinajstić information content (AvgIpc) is 2.74. The minimum absolute atomic E-state index is 0.0212. The summed E-state index contributed by atoms with van der Waals surface area (Å²) in [5, 5.41) is 15.2. The predicted molar refractivity (Wildman–Crippen MR) is 123 cm³/mol. The third kappa shape index (κ3) is 5.52. The molecule has 3 heteroatoms. The zero-order valence-corrected chi connectivity index (χ0v) is 17.9. The normalized spacial score (nSPS) is 13.9. The smallest absolute Gasteiger partial charge is 0.0940 e. The predicted octanol–water partition coefficient (Wildman–Crippen LogP) is 5.45. The lowest BCUT2D eigenvalue weighted by Gasteiger charge is -2.20. The Balaban J connectivity index is 1.54. The summed E-state index contributed by atoms with van der Waals surface area (Å²) in [7, 11) is 0.673. The van der Waals surface area contributed by atoms with Gasteiger partial charge in [0.15, 0.2) is 0 Å². The van der Waals surface area contributed by atoms with Crippen molar-refractivity contribution in [3.05, 3.63) is 90.0 Å². The molecule has 0 bridgehead atoms. The Bertz CT molecular complexity index is 861. The van der Waals surface area contributed by atoms with Gasteiger partial charge in [-0.25, -0.2) is 0 Å². The van der Waals surface area contributed by atoms with Gasteiger partial charge < -0.3 is 10.4 Å². The van der Waals surface area contributed by atoms with E-state index in [1.165, 1.54) is 22.0 Å². The zero-order valence-electron chi connectivity index (χ0n) is 16.9. The van der Waals surface area contributed by atoms with Crippen LogP contribution < -0.4 is 10.6 Å². The minimum Gasteiger partial charge on any atom is -0.387 e. The van der Waals surface area contributed by atoms with Crippen LogP contribution in [0, 0.1) is 0 Å². The molecular weight excluding hydrogens is 361 g/mol. The lowest BCUT2D eigenvalue weighted by atomic mass is 9.97. The topological polar surface area (TPSA) is 32.3 Å². The van der Waals surface area contributed by atoms with Crippen LogP contribution in [0.1, 0.15) is 43.9 Å². The van der Waals surface area contributed by atoms with Crippen molar-refractivity contribution in [1.82, 2.24) is 5.32 Å². The van der Waals surface area contributed by atoms with Gasteiger partial charge in [-0.2, -0.15) is 0 Å². The summed E-state index contributed by atoms with van der Waals surface area (Å²) in [6, 6.07) is 27.5. The molecule has 2 N–H and O–H groups in total. The first-order valence-corrected chi connectivity index (χ1v) is 11.2. The van der Waals surface area contributed by atoms with Crippen LogP contribution in [0.3, 0.4) is 0 Å². The standard InChI is InChI=1S/C25H30NOP/c1-18(2)22-10-7-11-23(16-22)20-12-14-24(15-13-20)28-17-26-19(3)25(27)21-8-5-4-6-9-21/h4-16,18-19,25-28H,17H2,1-3H3/t19-,25-/m0/s1. The first-order chi connectivity index (χ1) is 13.5. The Hall–Kier alpha value is -1.99. The molecule has 3 aromatic carbocycles. The van der Waals surface area contributed by atoms with Crippen molar-refractivity contribution < 1.29 is 5.11 Å². The highest BCUT2D eigenvalue weighted by Gasteiger charge is 2.15. The molecule has 3 rings (SSSR count). The van der Waals surface area contributed by atoms with Crippen LogP contribution in [0.5, 0.6) is 0 Å². The second kappa shape index (κ2) is 9.98. The zero-order chi connectivity index (χ0) is 19.9. The van der Waals surface area contributed by atoms with E-state index in [1.807, 2.05) is 37.3 Å². The summed E-state index contributed by atoms with van der Waals surface area (Å²) in [6.45, 7) is 6.49. The lowest BCUT2D eigenvalue weighted by molar-refractivity contribution is 0.139. The van der Waals surface area contributed by atoms with Crippen LogP contribution in [0.2, 0.25) is 0 Å². The fourth-order valence-electron chi connectivity index (χ4n) is 3.22. The highest BCUT2D eigenvalue weighted by atomic mass is 31.1. The molecule has 28 heavy (non-hydrogen) atoms. The van der Waals surface area contributed by atoms with Gasteiger partial charge in [-0.3, -0.25) is 0 Å². The SMILES string of the molecule is CC(C)c1cccc(-c2ccc(PCN[C@@H](C)[C@H](O)c3ccccc3)cc2)c1.